The molecule has 2 N–H and O–H groups in total. The van der Waals surface area contributed by atoms with Crippen LogP contribution in [-0.4, -0.2) is 23.8 Å². The van der Waals surface area contributed by atoms with Crippen LogP contribution in [-0.2, 0) is 6.42 Å². The van der Waals surface area contributed by atoms with E-state index in [2.05, 4.69) is 43.4 Å². The van der Waals surface area contributed by atoms with E-state index in [1.54, 1.807) is 0 Å². The zero-order valence-corrected chi connectivity index (χ0v) is 11.5. The summed E-state index contributed by atoms with van der Waals surface area (Å²) in [6.07, 6.45) is 4.67. The van der Waals surface area contributed by atoms with Gasteiger partial charge in [0.2, 0.25) is 0 Å². The maximum Gasteiger partial charge on any atom is 0.0445 e. The number of benzene rings is 1. The number of hydrogen-bond acceptors (Lipinski definition) is 2. The highest BCUT2D eigenvalue weighted by Gasteiger charge is 2.31. The Labute approximate surface area is 110 Å². The van der Waals surface area contributed by atoms with Crippen LogP contribution in [0, 0.1) is 12.8 Å². The normalized spacial score (nSPS) is 18.6. The summed E-state index contributed by atoms with van der Waals surface area (Å²) in [6.45, 7) is 4.57. The van der Waals surface area contributed by atoms with E-state index >= 15 is 0 Å². The number of rotatable bonds is 7. The quantitative estimate of drug-likeness (QED) is 0.776. The second-order valence-corrected chi connectivity index (χ2v) is 5.71. The first kappa shape index (κ1) is 13.6. The molecular weight excluding hydrogens is 222 g/mol. The Balaban J connectivity index is 1.91. The summed E-state index contributed by atoms with van der Waals surface area (Å²) in [5.41, 5.74) is 2.74. The monoisotopic (exact) mass is 247 g/mol. The zero-order valence-electron chi connectivity index (χ0n) is 11.5. The molecule has 2 atom stereocenters. The van der Waals surface area contributed by atoms with E-state index in [9.17, 15) is 0 Å². The van der Waals surface area contributed by atoms with Crippen LogP contribution in [0.1, 0.15) is 37.3 Å². The summed E-state index contributed by atoms with van der Waals surface area (Å²) in [5.74, 6) is 0.840. The van der Waals surface area contributed by atoms with Crippen molar-refractivity contribution in [1.82, 2.24) is 5.32 Å². The molecule has 0 radical (unpaired) electrons. The fraction of sp³-hybridized carbons (Fsp3) is 0.625. The molecule has 0 heterocycles. The van der Waals surface area contributed by atoms with Gasteiger partial charge in [0, 0.05) is 18.7 Å². The molecule has 2 rings (SSSR count). The highest BCUT2D eigenvalue weighted by atomic mass is 16.3. The lowest BCUT2D eigenvalue weighted by Crippen LogP contribution is -2.40. The Morgan fingerprint density at radius 1 is 1.28 bits per heavy atom. The number of aliphatic hydroxyl groups is 1. The molecule has 0 saturated heterocycles. The molecule has 0 aliphatic heterocycles. The van der Waals surface area contributed by atoms with Crippen molar-refractivity contribution in [2.45, 2.75) is 51.6 Å². The van der Waals surface area contributed by atoms with Gasteiger partial charge < -0.3 is 10.4 Å². The van der Waals surface area contributed by atoms with E-state index in [1.807, 2.05) is 0 Å². The molecule has 0 bridgehead atoms. The van der Waals surface area contributed by atoms with Crippen molar-refractivity contribution in [3.05, 3.63) is 35.4 Å². The van der Waals surface area contributed by atoms with Crippen molar-refractivity contribution in [1.29, 1.82) is 0 Å². The van der Waals surface area contributed by atoms with Crippen LogP contribution >= 0.6 is 0 Å². The van der Waals surface area contributed by atoms with Gasteiger partial charge in [-0.1, -0.05) is 29.8 Å². The molecule has 2 nitrogen and oxygen atoms in total. The Morgan fingerprint density at radius 3 is 2.50 bits per heavy atom. The van der Waals surface area contributed by atoms with Crippen LogP contribution in [0.15, 0.2) is 24.3 Å². The summed E-state index contributed by atoms with van der Waals surface area (Å²) >= 11 is 0. The van der Waals surface area contributed by atoms with Gasteiger partial charge in [0.15, 0.2) is 0 Å². The van der Waals surface area contributed by atoms with Gasteiger partial charge in [0.1, 0.15) is 0 Å². The molecule has 0 spiro atoms. The minimum atomic E-state index is 0.274. The molecule has 1 saturated carbocycles. The molecule has 1 fully saturated rings. The fourth-order valence-electron chi connectivity index (χ4n) is 2.48. The standard InChI is InChI=1S/C16H25NO/c1-12-3-5-14(6-4-12)11-16(15-7-8-15)17-13(2)9-10-18/h3-6,13,15-18H,7-11H2,1-2H3/t13-,16?/m1/s1. The molecule has 0 aromatic heterocycles. The van der Waals surface area contributed by atoms with E-state index in [1.165, 1.54) is 24.0 Å². The molecule has 1 aromatic carbocycles. The minimum absolute atomic E-state index is 0.274. The summed E-state index contributed by atoms with van der Waals surface area (Å²) in [6, 6.07) is 9.85. The Hall–Kier alpha value is -0.860. The third-order valence-electron chi connectivity index (χ3n) is 3.83. The maximum absolute atomic E-state index is 8.98. The molecule has 1 unspecified atom stereocenters. The molecule has 1 aromatic rings. The lowest BCUT2D eigenvalue weighted by atomic mass is 10.00. The molecule has 1 aliphatic carbocycles. The van der Waals surface area contributed by atoms with Crippen molar-refractivity contribution in [3.63, 3.8) is 0 Å². The van der Waals surface area contributed by atoms with Gasteiger partial charge in [-0.25, -0.2) is 0 Å². The predicted octanol–water partition coefficient (Wildman–Crippen LogP) is 2.68. The van der Waals surface area contributed by atoms with Crippen LogP contribution in [0.25, 0.3) is 0 Å². The lowest BCUT2D eigenvalue weighted by molar-refractivity contribution is 0.259. The lowest BCUT2D eigenvalue weighted by Gasteiger charge is -2.23. The van der Waals surface area contributed by atoms with E-state index < -0.39 is 0 Å². The van der Waals surface area contributed by atoms with E-state index in [4.69, 9.17) is 5.11 Å². The Morgan fingerprint density at radius 2 is 1.94 bits per heavy atom. The SMILES string of the molecule is Cc1ccc(CC(N[C@H](C)CCO)C2CC2)cc1. The Kier molecular flexibility index (Phi) is 4.79. The zero-order chi connectivity index (χ0) is 13.0. The molecule has 100 valence electrons. The predicted molar refractivity (Wildman–Crippen MR) is 75.7 cm³/mol. The number of nitrogens with one attached hydrogen (secondary N) is 1. The average Bonchev–Trinajstić information content (AvgIpc) is 3.15. The van der Waals surface area contributed by atoms with Crippen LogP contribution in [0.2, 0.25) is 0 Å². The van der Waals surface area contributed by atoms with Crippen molar-refractivity contribution >= 4 is 0 Å². The second kappa shape index (κ2) is 6.35. The van der Waals surface area contributed by atoms with E-state index in [-0.39, 0.29) is 6.61 Å². The first-order valence-electron chi connectivity index (χ1n) is 7.11. The molecular formula is C16H25NO. The van der Waals surface area contributed by atoms with Gasteiger partial charge in [-0.05, 0) is 51.0 Å². The number of aliphatic hydroxyl groups excluding tert-OH is 1. The molecule has 2 heteroatoms. The third kappa shape index (κ3) is 4.11. The highest BCUT2D eigenvalue weighted by molar-refractivity contribution is 5.22. The largest absolute Gasteiger partial charge is 0.396 e. The van der Waals surface area contributed by atoms with Gasteiger partial charge >= 0.3 is 0 Å². The van der Waals surface area contributed by atoms with Gasteiger partial charge in [0.25, 0.3) is 0 Å². The summed E-state index contributed by atoms with van der Waals surface area (Å²) in [7, 11) is 0. The minimum Gasteiger partial charge on any atom is -0.396 e. The maximum atomic E-state index is 8.98. The Bertz CT molecular complexity index is 356. The first-order valence-corrected chi connectivity index (χ1v) is 7.11. The smallest absolute Gasteiger partial charge is 0.0445 e. The fourth-order valence-corrected chi connectivity index (χ4v) is 2.48. The van der Waals surface area contributed by atoms with Gasteiger partial charge in [0.05, 0.1) is 0 Å². The number of aryl methyl sites for hydroxylation is 1. The van der Waals surface area contributed by atoms with Crippen molar-refractivity contribution < 1.29 is 5.11 Å². The van der Waals surface area contributed by atoms with E-state index in [0.29, 0.717) is 12.1 Å². The average molecular weight is 247 g/mol. The molecule has 0 amide bonds. The van der Waals surface area contributed by atoms with Gasteiger partial charge in [-0.2, -0.15) is 0 Å². The molecule has 1 aliphatic rings. The summed E-state index contributed by atoms with van der Waals surface area (Å²) in [5, 5.41) is 12.7. The third-order valence-corrected chi connectivity index (χ3v) is 3.83. The molecule has 18 heavy (non-hydrogen) atoms. The second-order valence-electron chi connectivity index (χ2n) is 5.71. The van der Waals surface area contributed by atoms with Crippen molar-refractivity contribution in [2.24, 2.45) is 5.92 Å². The van der Waals surface area contributed by atoms with Crippen molar-refractivity contribution in [2.75, 3.05) is 6.61 Å². The van der Waals surface area contributed by atoms with Gasteiger partial charge in [-0.15, -0.1) is 0 Å². The van der Waals surface area contributed by atoms with Crippen LogP contribution in [0.3, 0.4) is 0 Å². The van der Waals surface area contributed by atoms with Crippen LogP contribution in [0.5, 0.6) is 0 Å². The van der Waals surface area contributed by atoms with Crippen LogP contribution < -0.4 is 5.32 Å². The first-order chi connectivity index (χ1) is 8.69. The summed E-state index contributed by atoms with van der Waals surface area (Å²) < 4.78 is 0. The van der Waals surface area contributed by atoms with Crippen LogP contribution in [0.4, 0.5) is 0 Å². The van der Waals surface area contributed by atoms with E-state index in [0.717, 1.165) is 18.8 Å². The topological polar surface area (TPSA) is 32.3 Å². The highest BCUT2D eigenvalue weighted by Crippen LogP contribution is 2.34. The summed E-state index contributed by atoms with van der Waals surface area (Å²) in [4.78, 5) is 0. The van der Waals surface area contributed by atoms with Gasteiger partial charge in [-0.3, -0.25) is 0 Å². The van der Waals surface area contributed by atoms with Crippen molar-refractivity contribution in [3.8, 4) is 0 Å². The number of hydrogen-bond donors (Lipinski definition) is 2.